The smallest absolute Gasteiger partial charge is 0.308 e. The van der Waals surface area contributed by atoms with Gasteiger partial charge in [0.05, 0.1) is 12.1 Å². The molecule has 0 bridgehead atoms. The van der Waals surface area contributed by atoms with E-state index >= 15 is 0 Å². The van der Waals surface area contributed by atoms with E-state index < -0.39 is 17.9 Å². The molecule has 0 saturated heterocycles. The summed E-state index contributed by atoms with van der Waals surface area (Å²) in [5, 5.41) is 11.3. The number of benzene rings is 1. The Morgan fingerprint density at radius 2 is 2.09 bits per heavy atom. The van der Waals surface area contributed by atoms with Crippen molar-refractivity contribution >= 4 is 17.6 Å². The van der Waals surface area contributed by atoms with Crippen LogP contribution in [0.25, 0.3) is 0 Å². The van der Waals surface area contributed by atoms with Crippen molar-refractivity contribution in [1.82, 2.24) is 9.97 Å². The van der Waals surface area contributed by atoms with Crippen molar-refractivity contribution < 1.29 is 19.4 Å². The van der Waals surface area contributed by atoms with Gasteiger partial charge in [0.1, 0.15) is 18.2 Å². The minimum absolute atomic E-state index is 0.0286. The van der Waals surface area contributed by atoms with Gasteiger partial charge in [-0.25, -0.2) is 4.98 Å². The predicted molar refractivity (Wildman–Crippen MR) is 81.3 cm³/mol. The molecule has 8 nitrogen and oxygen atoms in total. The third kappa shape index (κ3) is 4.67. The van der Waals surface area contributed by atoms with Crippen LogP contribution < -0.4 is 15.6 Å². The number of hydrogen-bond donors (Lipinski definition) is 3. The first-order valence-corrected chi connectivity index (χ1v) is 6.74. The summed E-state index contributed by atoms with van der Waals surface area (Å²) in [7, 11) is 0. The Hall–Kier alpha value is -3.16. The number of carboxylic acid groups (broad SMARTS) is 1. The lowest BCUT2D eigenvalue weighted by atomic mass is 10.2. The normalized spacial score (nSPS) is 10.1. The highest BCUT2D eigenvalue weighted by Gasteiger charge is 2.09. The van der Waals surface area contributed by atoms with E-state index in [-0.39, 0.29) is 23.9 Å². The van der Waals surface area contributed by atoms with Gasteiger partial charge in [-0.2, -0.15) is 0 Å². The summed E-state index contributed by atoms with van der Waals surface area (Å²) in [5.41, 5.74) is 0.0564. The van der Waals surface area contributed by atoms with Crippen molar-refractivity contribution in [2.75, 3.05) is 5.32 Å². The van der Waals surface area contributed by atoms with E-state index in [0.29, 0.717) is 11.4 Å². The van der Waals surface area contributed by atoms with E-state index in [2.05, 4.69) is 15.3 Å². The summed E-state index contributed by atoms with van der Waals surface area (Å²) in [6, 6.07) is 6.84. The van der Waals surface area contributed by atoms with Crippen LogP contribution in [0.3, 0.4) is 0 Å². The highest BCUT2D eigenvalue weighted by atomic mass is 16.5. The lowest BCUT2D eigenvalue weighted by Gasteiger charge is -2.11. The van der Waals surface area contributed by atoms with E-state index in [9.17, 15) is 14.4 Å². The summed E-state index contributed by atoms with van der Waals surface area (Å²) in [4.78, 5) is 39.9. The number of carboxylic acids is 1. The highest BCUT2D eigenvalue weighted by Crippen LogP contribution is 2.24. The molecule has 0 atom stereocenters. The van der Waals surface area contributed by atoms with Gasteiger partial charge in [0.2, 0.25) is 5.91 Å². The first-order chi connectivity index (χ1) is 11.0. The van der Waals surface area contributed by atoms with Gasteiger partial charge in [0.25, 0.3) is 5.56 Å². The second-order valence-electron chi connectivity index (χ2n) is 4.72. The molecule has 0 unspecified atom stereocenters. The largest absolute Gasteiger partial charge is 0.484 e. The molecule has 1 aromatic carbocycles. The Labute approximate surface area is 131 Å². The third-order valence-corrected chi connectivity index (χ3v) is 2.83. The summed E-state index contributed by atoms with van der Waals surface area (Å²) in [5.74, 6) is -0.655. The topological polar surface area (TPSA) is 121 Å². The van der Waals surface area contributed by atoms with Gasteiger partial charge in [0, 0.05) is 18.7 Å². The van der Waals surface area contributed by atoms with Gasteiger partial charge in [-0.1, -0.05) is 12.1 Å². The van der Waals surface area contributed by atoms with Crippen LogP contribution in [0.1, 0.15) is 18.3 Å². The molecule has 8 heteroatoms. The first-order valence-electron chi connectivity index (χ1n) is 6.74. The molecule has 0 aliphatic carbocycles. The molecule has 2 aromatic rings. The van der Waals surface area contributed by atoms with Crippen molar-refractivity contribution in [1.29, 1.82) is 0 Å². The number of carbonyl (C=O) groups excluding carboxylic acids is 1. The van der Waals surface area contributed by atoms with E-state index in [4.69, 9.17) is 9.84 Å². The molecule has 0 fully saturated rings. The molecule has 120 valence electrons. The average Bonchev–Trinajstić information content (AvgIpc) is 2.48. The number of ether oxygens (including phenoxy) is 1. The number of aliphatic carboxylic acids is 1. The fraction of sp³-hybridized carbons (Fsp3) is 0.200. The van der Waals surface area contributed by atoms with E-state index in [1.807, 2.05) is 0 Å². The summed E-state index contributed by atoms with van der Waals surface area (Å²) in [6.07, 6.45) is 0.820. The van der Waals surface area contributed by atoms with Gasteiger partial charge in [0.15, 0.2) is 0 Å². The Kier molecular flexibility index (Phi) is 5.08. The zero-order chi connectivity index (χ0) is 16.8. The zero-order valence-electron chi connectivity index (χ0n) is 12.3. The number of aromatic nitrogens is 2. The lowest BCUT2D eigenvalue weighted by molar-refractivity contribution is -0.136. The number of H-pyrrole nitrogens is 1. The number of para-hydroxylation sites is 2. The average molecular weight is 317 g/mol. The fourth-order valence-electron chi connectivity index (χ4n) is 1.85. The number of anilines is 1. The molecule has 1 heterocycles. The SMILES string of the molecule is CC(=O)Nc1ccccc1OCc1ncc(CC(=O)O)c(=O)[nH]1. The molecule has 2 rings (SSSR count). The van der Waals surface area contributed by atoms with Gasteiger partial charge in [-0.05, 0) is 12.1 Å². The standard InChI is InChI=1S/C15H15N3O5/c1-9(19)17-11-4-2-3-5-12(11)23-8-13-16-7-10(6-14(20)21)15(22)18-13/h2-5,7H,6,8H2,1H3,(H,17,19)(H,20,21)(H,16,18,22). The second-order valence-corrected chi connectivity index (χ2v) is 4.72. The third-order valence-electron chi connectivity index (χ3n) is 2.83. The summed E-state index contributed by atoms with van der Waals surface area (Å²) >= 11 is 0. The molecular weight excluding hydrogens is 302 g/mol. The number of nitrogens with one attached hydrogen (secondary N) is 2. The summed E-state index contributed by atoms with van der Waals surface area (Å²) in [6.45, 7) is 1.36. The van der Waals surface area contributed by atoms with Crippen molar-refractivity contribution in [3.63, 3.8) is 0 Å². The quantitative estimate of drug-likeness (QED) is 0.729. The van der Waals surface area contributed by atoms with Crippen LogP contribution in [0.15, 0.2) is 35.3 Å². The second kappa shape index (κ2) is 7.21. The highest BCUT2D eigenvalue weighted by molar-refractivity contribution is 5.90. The van der Waals surface area contributed by atoms with Crippen molar-refractivity contribution in [3.8, 4) is 5.75 Å². The van der Waals surface area contributed by atoms with Crippen molar-refractivity contribution in [2.24, 2.45) is 0 Å². The van der Waals surface area contributed by atoms with Crippen LogP contribution in [-0.2, 0) is 22.6 Å². The van der Waals surface area contributed by atoms with E-state index in [1.165, 1.54) is 13.1 Å². The number of nitrogens with zero attached hydrogens (tertiary/aromatic N) is 1. The maximum absolute atomic E-state index is 11.7. The fourth-order valence-corrected chi connectivity index (χ4v) is 1.85. The zero-order valence-corrected chi connectivity index (χ0v) is 12.3. The number of hydrogen-bond acceptors (Lipinski definition) is 5. The number of carbonyl (C=O) groups is 2. The maximum atomic E-state index is 11.7. The van der Waals surface area contributed by atoms with Gasteiger partial charge >= 0.3 is 5.97 Å². The monoisotopic (exact) mass is 317 g/mol. The number of rotatable bonds is 6. The van der Waals surface area contributed by atoms with Gasteiger partial charge in [-0.15, -0.1) is 0 Å². The van der Waals surface area contributed by atoms with Crippen molar-refractivity contribution in [3.05, 3.63) is 52.2 Å². The minimum Gasteiger partial charge on any atom is -0.484 e. The minimum atomic E-state index is -1.11. The Balaban J connectivity index is 2.10. The van der Waals surface area contributed by atoms with Crippen molar-refractivity contribution in [2.45, 2.75) is 20.0 Å². The Bertz CT molecular complexity index is 785. The predicted octanol–water partition coefficient (Wildman–Crippen LogP) is 0.934. The Morgan fingerprint density at radius 1 is 1.35 bits per heavy atom. The van der Waals surface area contributed by atoms with Crippen LogP contribution in [0, 0.1) is 0 Å². The molecular formula is C15H15N3O5. The molecule has 0 aliphatic heterocycles. The van der Waals surface area contributed by atoms with Crippen LogP contribution >= 0.6 is 0 Å². The molecule has 0 saturated carbocycles. The van der Waals surface area contributed by atoms with Crippen LogP contribution in [0.2, 0.25) is 0 Å². The molecule has 0 spiro atoms. The van der Waals surface area contributed by atoms with Crippen LogP contribution in [0.4, 0.5) is 5.69 Å². The lowest BCUT2D eigenvalue weighted by Crippen LogP contribution is -2.19. The molecule has 23 heavy (non-hydrogen) atoms. The first kappa shape index (κ1) is 16.2. The van der Waals surface area contributed by atoms with Gasteiger partial charge < -0.3 is 20.1 Å². The molecule has 1 amide bonds. The summed E-state index contributed by atoms with van der Waals surface area (Å²) < 4.78 is 5.54. The Morgan fingerprint density at radius 3 is 2.74 bits per heavy atom. The number of amides is 1. The van der Waals surface area contributed by atoms with E-state index in [0.717, 1.165) is 0 Å². The number of aromatic amines is 1. The van der Waals surface area contributed by atoms with Crippen LogP contribution in [0.5, 0.6) is 5.75 Å². The molecule has 0 radical (unpaired) electrons. The molecule has 3 N–H and O–H groups in total. The maximum Gasteiger partial charge on any atom is 0.308 e. The van der Waals surface area contributed by atoms with E-state index in [1.54, 1.807) is 24.3 Å². The van der Waals surface area contributed by atoms with Crippen LogP contribution in [-0.4, -0.2) is 27.0 Å². The molecule has 0 aliphatic rings. The molecule has 1 aromatic heterocycles. The van der Waals surface area contributed by atoms with Gasteiger partial charge in [-0.3, -0.25) is 14.4 Å².